The molecule has 0 fully saturated rings. The summed E-state index contributed by atoms with van der Waals surface area (Å²) in [7, 11) is -2.60. The number of hydrogen-bond acceptors (Lipinski definition) is 3. The molecule has 1 heterocycles. The molecular weight excluding hydrogens is 398 g/mol. The van der Waals surface area contributed by atoms with Crippen LogP contribution in [0.5, 0.6) is 0 Å². The molecule has 0 radical (unpaired) electrons. The minimum absolute atomic E-state index is 0.0720. The lowest BCUT2D eigenvalue weighted by molar-refractivity contribution is 0.387. The Balaban J connectivity index is 2.11. The SMILES string of the molecule is CNCCCCN1Cc2cc(F)ccc2N(c2c(F)cc(F)cc2F)S1(=O)=O. The number of nitrogens with one attached hydrogen (secondary N) is 1. The highest BCUT2D eigenvalue weighted by atomic mass is 32.2. The Hall–Kier alpha value is -2.17. The van der Waals surface area contributed by atoms with E-state index < -0.39 is 39.2 Å². The van der Waals surface area contributed by atoms with Crippen molar-refractivity contribution in [1.82, 2.24) is 9.62 Å². The van der Waals surface area contributed by atoms with Crippen LogP contribution in [0.3, 0.4) is 0 Å². The van der Waals surface area contributed by atoms with Gasteiger partial charge in [0.2, 0.25) is 0 Å². The van der Waals surface area contributed by atoms with Crippen molar-refractivity contribution in [3.63, 3.8) is 0 Å². The van der Waals surface area contributed by atoms with E-state index in [0.717, 1.165) is 22.5 Å². The minimum Gasteiger partial charge on any atom is -0.320 e. The van der Waals surface area contributed by atoms with E-state index in [-0.39, 0.29) is 24.3 Å². The number of benzene rings is 2. The van der Waals surface area contributed by atoms with Crippen molar-refractivity contribution in [3.8, 4) is 0 Å². The molecule has 0 spiro atoms. The molecule has 0 saturated heterocycles. The van der Waals surface area contributed by atoms with Crippen molar-refractivity contribution in [3.05, 3.63) is 59.2 Å². The molecule has 2 aromatic rings. The van der Waals surface area contributed by atoms with Gasteiger partial charge in [0.25, 0.3) is 0 Å². The second-order valence-corrected chi connectivity index (χ2v) is 8.18. The zero-order chi connectivity index (χ0) is 20.5. The Morgan fingerprint density at radius 2 is 1.68 bits per heavy atom. The predicted molar refractivity (Wildman–Crippen MR) is 97.3 cm³/mol. The third-order valence-corrected chi connectivity index (χ3v) is 6.24. The van der Waals surface area contributed by atoms with E-state index >= 15 is 0 Å². The first-order chi connectivity index (χ1) is 13.3. The van der Waals surface area contributed by atoms with Crippen LogP contribution in [0.2, 0.25) is 0 Å². The summed E-state index contributed by atoms with van der Waals surface area (Å²) in [5, 5.41) is 2.94. The Labute approximate surface area is 160 Å². The number of halogens is 4. The van der Waals surface area contributed by atoms with E-state index in [1.54, 1.807) is 7.05 Å². The molecule has 1 aliphatic rings. The van der Waals surface area contributed by atoms with Crippen molar-refractivity contribution in [2.75, 3.05) is 24.4 Å². The van der Waals surface area contributed by atoms with E-state index in [2.05, 4.69) is 5.32 Å². The Morgan fingerprint density at radius 3 is 2.32 bits per heavy atom. The summed E-state index contributed by atoms with van der Waals surface area (Å²) in [5.41, 5.74) is -0.738. The molecule has 1 N–H and O–H groups in total. The fourth-order valence-corrected chi connectivity index (χ4v) is 4.86. The van der Waals surface area contributed by atoms with Crippen LogP contribution in [-0.4, -0.2) is 32.9 Å². The fourth-order valence-electron chi connectivity index (χ4n) is 3.14. The molecule has 2 aromatic carbocycles. The van der Waals surface area contributed by atoms with E-state index in [0.29, 0.717) is 35.8 Å². The lowest BCUT2D eigenvalue weighted by Gasteiger charge is -2.37. The highest BCUT2D eigenvalue weighted by molar-refractivity contribution is 7.90. The van der Waals surface area contributed by atoms with Crippen molar-refractivity contribution in [2.45, 2.75) is 19.4 Å². The van der Waals surface area contributed by atoms with Gasteiger partial charge in [0, 0.05) is 25.2 Å². The van der Waals surface area contributed by atoms with E-state index in [9.17, 15) is 26.0 Å². The van der Waals surface area contributed by atoms with E-state index in [4.69, 9.17) is 0 Å². The average Bonchev–Trinajstić information content (AvgIpc) is 2.60. The van der Waals surface area contributed by atoms with Gasteiger partial charge in [-0.2, -0.15) is 12.7 Å². The number of rotatable bonds is 6. The van der Waals surface area contributed by atoms with Gasteiger partial charge in [-0.25, -0.2) is 21.9 Å². The molecule has 10 heteroatoms. The standard InChI is InChI=1S/C18H19F4N3O2S/c1-23-6-2-3-7-24-11-12-8-13(19)4-5-17(12)25(28(24,26)27)18-15(21)9-14(20)10-16(18)22/h4-5,8-10,23H,2-3,6-7,11H2,1H3. The first kappa shape index (κ1) is 20.6. The topological polar surface area (TPSA) is 52.6 Å². The van der Waals surface area contributed by atoms with Crippen LogP contribution in [0.4, 0.5) is 28.9 Å². The molecule has 1 aliphatic heterocycles. The molecule has 0 saturated carbocycles. The number of unbranched alkanes of at least 4 members (excludes halogenated alkanes) is 1. The lowest BCUT2D eigenvalue weighted by Crippen LogP contribution is -2.46. The minimum atomic E-state index is -4.37. The summed E-state index contributed by atoms with van der Waals surface area (Å²) in [5.74, 6) is -4.51. The molecule has 0 unspecified atom stereocenters. The summed E-state index contributed by atoms with van der Waals surface area (Å²) < 4.78 is 83.6. The largest absolute Gasteiger partial charge is 0.320 e. The van der Waals surface area contributed by atoms with Crippen molar-refractivity contribution >= 4 is 21.6 Å². The van der Waals surface area contributed by atoms with Crippen molar-refractivity contribution < 1.29 is 26.0 Å². The number of anilines is 2. The maximum atomic E-state index is 14.4. The fraction of sp³-hybridized carbons (Fsp3) is 0.333. The van der Waals surface area contributed by atoms with Crippen molar-refractivity contribution in [1.29, 1.82) is 0 Å². The molecular formula is C18H19F4N3O2S. The smallest absolute Gasteiger partial charge is 0.308 e. The molecule has 152 valence electrons. The molecule has 0 amide bonds. The van der Waals surface area contributed by atoms with Gasteiger partial charge >= 0.3 is 10.2 Å². The van der Waals surface area contributed by atoms with E-state index in [1.807, 2.05) is 0 Å². The Bertz CT molecular complexity index is 962. The Kier molecular flexibility index (Phi) is 5.92. The highest BCUT2D eigenvalue weighted by Crippen LogP contribution is 2.41. The van der Waals surface area contributed by atoms with Gasteiger partial charge in [0.05, 0.1) is 5.69 Å². The third-order valence-electron chi connectivity index (χ3n) is 4.43. The van der Waals surface area contributed by atoms with Gasteiger partial charge in [-0.15, -0.1) is 0 Å². The van der Waals surface area contributed by atoms with Gasteiger partial charge in [0.1, 0.15) is 17.3 Å². The first-order valence-electron chi connectivity index (χ1n) is 8.63. The van der Waals surface area contributed by atoms with Crippen LogP contribution in [0.1, 0.15) is 18.4 Å². The molecule has 0 bridgehead atoms. The maximum absolute atomic E-state index is 14.4. The number of hydrogen-bond donors (Lipinski definition) is 1. The zero-order valence-electron chi connectivity index (χ0n) is 15.1. The van der Waals surface area contributed by atoms with Gasteiger partial charge in [-0.1, -0.05) is 0 Å². The summed E-state index contributed by atoms with van der Waals surface area (Å²) in [6.45, 7) is 0.626. The van der Waals surface area contributed by atoms with Crippen molar-refractivity contribution in [2.24, 2.45) is 0 Å². The van der Waals surface area contributed by atoms with Gasteiger partial charge in [-0.05, 0) is 50.2 Å². The van der Waals surface area contributed by atoms with E-state index in [1.165, 1.54) is 0 Å². The molecule has 0 aliphatic carbocycles. The quantitative estimate of drug-likeness (QED) is 0.579. The summed E-state index contributed by atoms with van der Waals surface area (Å²) in [4.78, 5) is 0. The van der Waals surface area contributed by atoms with Crippen LogP contribution in [0, 0.1) is 23.3 Å². The summed E-state index contributed by atoms with van der Waals surface area (Å²) in [6.07, 6.45) is 1.17. The number of nitrogens with zero attached hydrogens (tertiary/aromatic N) is 2. The lowest BCUT2D eigenvalue weighted by atomic mass is 10.1. The first-order valence-corrected chi connectivity index (χ1v) is 10.0. The van der Waals surface area contributed by atoms with Crippen LogP contribution >= 0.6 is 0 Å². The third kappa shape index (κ3) is 3.85. The van der Waals surface area contributed by atoms with Crippen LogP contribution < -0.4 is 9.62 Å². The average molecular weight is 417 g/mol. The molecule has 5 nitrogen and oxygen atoms in total. The molecule has 28 heavy (non-hydrogen) atoms. The van der Waals surface area contributed by atoms with Gasteiger partial charge in [-0.3, -0.25) is 0 Å². The molecule has 0 atom stereocenters. The highest BCUT2D eigenvalue weighted by Gasteiger charge is 2.40. The molecule has 3 rings (SSSR count). The zero-order valence-corrected chi connectivity index (χ0v) is 15.9. The van der Waals surface area contributed by atoms with Gasteiger partial charge in [0.15, 0.2) is 11.6 Å². The predicted octanol–water partition coefficient (Wildman–Crippen LogP) is 3.44. The normalized spacial score (nSPS) is 16.2. The van der Waals surface area contributed by atoms with Crippen LogP contribution in [0.15, 0.2) is 30.3 Å². The number of fused-ring (bicyclic) bond motifs is 1. The maximum Gasteiger partial charge on any atom is 0.308 e. The second kappa shape index (κ2) is 8.06. The molecule has 0 aromatic heterocycles. The van der Waals surface area contributed by atoms with Crippen LogP contribution in [0.25, 0.3) is 0 Å². The second-order valence-electron chi connectivity index (χ2n) is 6.41. The van der Waals surface area contributed by atoms with Gasteiger partial charge < -0.3 is 5.32 Å². The summed E-state index contributed by atoms with van der Waals surface area (Å²) in [6, 6.07) is 4.08. The van der Waals surface area contributed by atoms with Crippen LogP contribution in [-0.2, 0) is 16.8 Å². The summed E-state index contributed by atoms with van der Waals surface area (Å²) >= 11 is 0. The monoisotopic (exact) mass is 417 g/mol. The Morgan fingerprint density at radius 1 is 1.00 bits per heavy atom.